The Labute approximate surface area is 133 Å². The van der Waals surface area contributed by atoms with Gasteiger partial charge in [0.1, 0.15) is 11.3 Å². The standard InChI is InChI=1S/C16H20N4O3/c1-18-13-11(14(21)19(2)16(18)23)7-8-12(17-13)15(22)20-9-5-3-4-6-10-20/h7-8H,3-6,9-10H2,1-2H3. The first kappa shape index (κ1) is 15.5. The van der Waals surface area contributed by atoms with Gasteiger partial charge in [-0.1, -0.05) is 12.8 Å². The molecule has 7 heteroatoms. The van der Waals surface area contributed by atoms with E-state index >= 15 is 0 Å². The van der Waals surface area contributed by atoms with E-state index in [2.05, 4.69) is 4.98 Å². The molecule has 0 N–H and O–H groups in total. The fraction of sp³-hybridized carbons (Fsp3) is 0.500. The molecule has 0 aromatic carbocycles. The molecular formula is C16H20N4O3. The van der Waals surface area contributed by atoms with Gasteiger partial charge in [0.15, 0.2) is 0 Å². The lowest BCUT2D eigenvalue weighted by Gasteiger charge is -2.20. The summed E-state index contributed by atoms with van der Waals surface area (Å²) in [7, 11) is 2.98. The van der Waals surface area contributed by atoms with Crippen LogP contribution in [0.15, 0.2) is 21.7 Å². The lowest BCUT2D eigenvalue weighted by Crippen LogP contribution is -2.38. The van der Waals surface area contributed by atoms with Crippen LogP contribution in [0, 0.1) is 0 Å². The smallest absolute Gasteiger partial charge is 0.332 e. The Balaban J connectivity index is 2.08. The highest BCUT2D eigenvalue weighted by Gasteiger charge is 2.20. The molecule has 122 valence electrons. The van der Waals surface area contributed by atoms with Gasteiger partial charge in [-0.3, -0.25) is 18.7 Å². The number of pyridine rings is 1. The van der Waals surface area contributed by atoms with Gasteiger partial charge in [-0.15, -0.1) is 0 Å². The van der Waals surface area contributed by atoms with Gasteiger partial charge in [-0.25, -0.2) is 9.78 Å². The first-order valence-electron chi connectivity index (χ1n) is 7.87. The van der Waals surface area contributed by atoms with Crippen LogP contribution in [-0.2, 0) is 14.1 Å². The van der Waals surface area contributed by atoms with Crippen molar-refractivity contribution in [3.8, 4) is 0 Å². The van der Waals surface area contributed by atoms with Crippen LogP contribution in [0.25, 0.3) is 11.0 Å². The largest absolute Gasteiger partial charge is 0.337 e. The molecule has 1 amide bonds. The zero-order valence-corrected chi connectivity index (χ0v) is 13.4. The first-order valence-corrected chi connectivity index (χ1v) is 7.87. The van der Waals surface area contributed by atoms with Crippen LogP contribution in [0.3, 0.4) is 0 Å². The van der Waals surface area contributed by atoms with Gasteiger partial charge in [0.05, 0.1) is 5.39 Å². The zero-order chi connectivity index (χ0) is 16.6. The number of aryl methyl sites for hydroxylation is 1. The SMILES string of the molecule is Cn1c(=O)c2ccc(C(=O)N3CCCCCC3)nc2n(C)c1=O. The van der Waals surface area contributed by atoms with Crippen molar-refractivity contribution in [2.45, 2.75) is 25.7 Å². The van der Waals surface area contributed by atoms with E-state index in [1.807, 2.05) is 0 Å². The van der Waals surface area contributed by atoms with Crippen LogP contribution in [0.4, 0.5) is 0 Å². The Bertz CT molecular complexity index is 873. The molecule has 0 atom stereocenters. The molecule has 3 rings (SSSR count). The number of aromatic nitrogens is 3. The number of rotatable bonds is 1. The summed E-state index contributed by atoms with van der Waals surface area (Å²) in [5.74, 6) is -0.137. The van der Waals surface area contributed by atoms with Gasteiger partial charge in [0.25, 0.3) is 11.5 Å². The third kappa shape index (κ3) is 2.67. The van der Waals surface area contributed by atoms with Crippen molar-refractivity contribution in [1.29, 1.82) is 0 Å². The van der Waals surface area contributed by atoms with Crippen LogP contribution in [-0.4, -0.2) is 38.0 Å². The van der Waals surface area contributed by atoms with Crippen molar-refractivity contribution in [1.82, 2.24) is 19.0 Å². The minimum atomic E-state index is -0.450. The summed E-state index contributed by atoms with van der Waals surface area (Å²) in [6.07, 6.45) is 4.27. The van der Waals surface area contributed by atoms with E-state index in [9.17, 15) is 14.4 Å². The Hall–Kier alpha value is -2.44. The molecule has 0 bridgehead atoms. The summed E-state index contributed by atoms with van der Waals surface area (Å²) in [4.78, 5) is 42.9. The molecule has 1 fully saturated rings. The summed E-state index contributed by atoms with van der Waals surface area (Å²) < 4.78 is 2.34. The normalized spacial score (nSPS) is 15.7. The van der Waals surface area contributed by atoms with E-state index in [-0.39, 0.29) is 17.2 Å². The average molecular weight is 316 g/mol. The third-order valence-corrected chi connectivity index (χ3v) is 4.41. The highest BCUT2D eigenvalue weighted by atomic mass is 16.2. The highest BCUT2D eigenvalue weighted by Crippen LogP contribution is 2.14. The lowest BCUT2D eigenvalue weighted by molar-refractivity contribution is 0.0756. The van der Waals surface area contributed by atoms with Gasteiger partial charge in [0.2, 0.25) is 0 Å². The minimum absolute atomic E-state index is 0.137. The lowest BCUT2D eigenvalue weighted by atomic mass is 10.2. The highest BCUT2D eigenvalue weighted by molar-refractivity contribution is 5.94. The summed E-state index contributed by atoms with van der Waals surface area (Å²) in [6.45, 7) is 1.46. The van der Waals surface area contributed by atoms with E-state index in [4.69, 9.17) is 0 Å². The molecule has 7 nitrogen and oxygen atoms in total. The van der Waals surface area contributed by atoms with Crippen molar-refractivity contribution < 1.29 is 4.79 Å². The van der Waals surface area contributed by atoms with E-state index in [0.29, 0.717) is 5.39 Å². The third-order valence-electron chi connectivity index (χ3n) is 4.41. The number of fused-ring (bicyclic) bond motifs is 1. The van der Waals surface area contributed by atoms with Gasteiger partial charge in [-0.2, -0.15) is 0 Å². The van der Waals surface area contributed by atoms with Crippen molar-refractivity contribution in [3.63, 3.8) is 0 Å². The van der Waals surface area contributed by atoms with Gasteiger partial charge < -0.3 is 4.90 Å². The average Bonchev–Trinajstić information content (AvgIpc) is 2.86. The molecule has 0 spiro atoms. The Morgan fingerprint density at radius 3 is 2.30 bits per heavy atom. The molecule has 0 aliphatic carbocycles. The van der Waals surface area contributed by atoms with Crippen molar-refractivity contribution in [3.05, 3.63) is 38.7 Å². The molecule has 2 aromatic heterocycles. The minimum Gasteiger partial charge on any atom is -0.337 e. The van der Waals surface area contributed by atoms with Gasteiger partial charge >= 0.3 is 5.69 Å². The van der Waals surface area contributed by atoms with Crippen molar-refractivity contribution >= 4 is 16.9 Å². The predicted octanol–water partition coefficient (Wildman–Crippen LogP) is 0.648. The van der Waals surface area contributed by atoms with Crippen LogP contribution in [0.5, 0.6) is 0 Å². The quantitative estimate of drug-likeness (QED) is 0.774. The summed E-state index contributed by atoms with van der Waals surface area (Å²) in [5.41, 5.74) is -0.319. The molecule has 0 saturated carbocycles. The van der Waals surface area contributed by atoms with Gasteiger partial charge in [0, 0.05) is 27.2 Å². The molecule has 0 unspecified atom stereocenters. The molecule has 23 heavy (non-hydrogen) atoms. The van der Waals surface area contributed by atoms with E-state index in [1.54, 1.807) is 24.1 Å². The number of amides is 1. The van der Waals surface area contributed by atoms with Crippen molar-refractivity contribution in [2.75, 3.05) is 13.1 Å². The van der Waals surface area contributed by atoms with E-state index < -0.39 is 11.2 Å². The number of carbonyl (C=O) groups excluding carboxylic acids is 1. The van der Waals surface area contributed by atoms with E-state index in [0.717, 1.165) is 43.3 Å². The topological polar surface area (TPSA) is 77.2 Å². The fourth-order valence-corrected chi connectivity index (χ4v) is 3.01. The van der Waals surface area contributed by atoms with Crippen LogP contribution in [0.2, 0.25) is 0 Å². The monoisotopic (exact) mass is 316 g/mol. The second kappa shape index (κ2) is 5.98. The zero-order valence-electron chi connectivity index (χ0n) is 13.4. The molecule has 2 aromatic rings. The molecule has 1 aliphatic rings. The molecule has 3 heterocycles. The summed E-state index contributed by atoms with van der Waals surface area (Å²) in [5, 5.41) is 0.335. The number of nitrogens with zero attached hydrogens (tertiary/aromatic N) is 4. The maximum Gasteiger partial charge on any atom is 0.332 e. The number of likely N-dealkylation sites (tertiary alicyclic amines) is 1. The summed E-state index contributed by atoms with van der Waals surface area (Å²) >= 11 is 0. The Kier molecular flexibility index (Phi) is 4.02. The molecule has 1 aliphatic heterocycles. The molecule has 1 saturated heterocycles. The second-order valence-electron chi connectivity index (χ2n) is 5.98. The second-order valence-corrected chi connectivity index (χ2v) is 5.98. The molecule has 0 radical (unpaired) electrons. The maximum atomic E-state index is 12.6. The molecular weight excluding hydrogens is 296 g/mol. The fourth-order valence-electron chi connectivity index (χ4n) is 3.01. The predicted molar refractivity (Wildman–Crippen MR) is 86.6 cm³/mol. The first-order chi connectivity index (χ1) is 11.0. The van der Waals surface area contributed by atoms with Crippen LogP contribution < -0.4 is 11.2 Å². The number of hydrogen-bond acceptors (Lipinski definition) is 4. The van der Waals surface area contributed by atoms with Gasteiger partial charge in [-0.05, 0) is 25.0 Å². The van der Waals surface area contributed by atoms with Crippen LogP contribution in [0.1, 0.15) is 36.2 Å². The summed E-state index contributed by atoms with van der Waals surface area (Å²) in [6, 6.07) is 3.15. The number of hydrogen-bond donors (Lipinski definition) is 0. The Morgan fingerprint density at radius 2 is 1.65 bits per heavy atom. The van der Waals surface area contributed by atoms with Crippen molar-refractivity contribution in [2.24, 2.45) is 14.1 Å². The maximum absolute atomic E-state index is 12.6. The Morgan fingerprint density at radius 1 is 1.00 bits per heavy atom. The van der Waals surface area contributed by atoms with Crippen LogP contribution >= 0.6 is 0 Å². The van der Waals surface area contributed by atoms with E-state index in [1.165, 1.54) is 11.6 Å². The number of carbonyl (C=O) groups is 1.